The van der Waals surface area contributed by atoms with Crippen LogP contribution in [-0.2, 0) is 27.9 Å². The van der Waals surface area contributed by atoms with E-state index in [1.165, 1.54) is 26.4 Å². The van der Waals surface area contributed by atoms with Crippen molar-refractivity contribution in [2.24, 2.45) is 0 Å². The number of aryl methyl sites for hydroxylation is 1. The zero-order valence-corrected chi connectivity index (χ0v) is 12.3. The number of carbonyl (C=O) groups is 1. The molecule has 3 N–H and O–H groups in total. The number of aromatic nitrogens is 4. The van der Waals surface area contributed by atoms with E-state index in [9.17, 15) is 13.2 Å². The van der Waals surface area contributed by atoms with E-state index in [0.717, 1.165) is 4.68 Å². The van der Waals surface area contributed by atoms with E-state index in [1.807, 2.05) is 0 Å². The predicted molar refractivity (Wildman–Crippen MR) is 72.0 cm³/mol. The summed E-state index contributed by atoms with van der Waals surface area (Å²) in [6.45, 7) is 2.72. The van der Waals surface area contributed by atoms with Gasteiger partial charge >= 0.3 is 5.97 Å². The monoisotopic (exact) mass is 313 g/mol. The van der Waals surface area contributed by atoms with Gasteiger partial charge < -0.3 is 10.1 Å². The van der Waals surface area contributed by atoms with Gasteiger partial charge in [0.15, 0.2) is 0 Å². The molecule has 2 heterocycles. The van der Waals surface area contributed by atoms with Crippen molar-refractivity contribution in [1.82, 2.24) is 24.5 Å². The van der Waals surface area contributed by atoms with Gasteiger partial charge in [0, 0.05) is 11.9 Å². The second-order valence-corrected chi connectivity index (χ2v) is 6.16. The highest BCUT2D eigenvalue weighted by Gasteiger charge is 2.25. The van der Waals surface area contributed by atoms with Gasteiger partial charge in [-0.1, -0.05) is 0 Å². The van der Waals surface area contributed by atoms with E-state index >= 15 is 0 Å². The Morgan fingerprint density at radius 3 is 2.76 bits per heavy atom. The summed E-state index contributed by atoms with van der Waals surface area (Å²) in [5.41, 5.74) is 1.16. The maximum atomic E-state index is 12.3. The number of hydrogen-bond acceptors (Lipinski definition) is 5. The zero-order valence-electron chi connectivity index (χ0n) is 11.5. The molecule has 0 spiro atoms. The molecular formula is C11H15N5O4S. The largest absolute Gasteiger partial charge is 0.480 e. The van der Waals surface area contributed by atoms with Gasteiger partial charge in [0.05, 0.1) is 24.3 Å². The van der Waals surface area contributed by atoms with E-state index in [4.69, 9.17) is 5.11 Å². The van der Waals surface area contributed by atoms with Crippen LogP contribution in [0.3, 0.4) is 0 Å². The van der Waals surface area contributed by atoms with E-state index in [1.54, 1.807) is 0 Å². The normalized spacial score (nSPS) is 11.7. The highest BCUT2D eigenvalue weighted by atomic mass is 32.2. The molecule has 0 aliphatic rings. The van der Waals surface area contributed by atoms with Gasteiger partial charge in [-0.2, -0.15) is 5.10 Å². The van der Waals surface area contributed by atoms with E-state index < -0.39 is 16.0 Å². The van der Waals surface area contributed by atoms with Crippen LogP contribution in [0, 0.1) is 13.8 Å². The number of nitrogens with zero attached hydrogens (tertiary/aromatic N) is 3. The Balaban J connectivity index is 2.27. The van der Waals surface area contributed by atoms with Crippen LogP contribution in [0.5, 0.6) is 0 Å². The second-order valence-electron chi connectivity index (χ2n) is 4.45. The molecule has 0 fully saturated rings. The molecule has 0 atom stereocenters. The Labute approximate surface area is 121 Å². The van der Waals surface area contributed by atoms with Crippen molar-refractivity contribution in [3.05, 3.63) is 29.6 Å². The lowest BCUT2D eigenvalue weighted by Gasteiger charge is -2.06. The van der Waals surface area contributed by atoms with Crippen molar-refractivity contribution in [3.8, 4) is 0 Å². The van der Waals surface area contributed by atoms with Crippen molar-refractivity contribution >= 4 is 16.0 Å². The summed E-state index contributed by atoms with van der Waals surface area (Å²) in [4.78, 5) is 17.3. The third-order valence-electron chi connectivity index (χ3n) is 2.88. The average molecular weight is 313 g/mol. The van der Waals surface area contributed by atoms with Crippen LogP contribution in [-0.4, -0.2) is 39.2 Å². The summed E-state index contributed by atoms with van der Waals surface area (Å²) in [5, 5.41) is 12.7. The first-order valence-corrected chi connectivity index (χ1v) is 7.52. The van der Waals surface area contributed by atoms with Crippen LogP contribution >= 0.6 is 0 Å². The molecular weight excluding hydrogens is 298 g/mol. The molecule has 2 aromatic rings. The molecule has 2 rings (SSSR count). The van der Waals surface area contributed by atoms with Crippen molar-refractivity contribution < 1.29 is 18.3 Å². The Morgan fingerprint density at radius 1 is 1.48 bits per heavy atom. The molecule has 21 heavy (non-hydrogen) atoms. The summed E-state index contributed by atoms with van der Waals surface area (Å²) in [6.07, 6.45) is 2.96. The van der Waals surface area contributed by atoms with Crippen molar-refractivity contribution in [2.75, 3.05) is 0 Å². The number of rotatable bonds is 6. The summed E-state index contributed by atoms with van der Waals surface area (Å²) in [5.74, 6) is -1.09. The number of nitrogens with one attached hydrogen (secondary N) is 2. The molecule has 0 aromatic carbocycles. The summed E-state index contributed by atoms with van der Waals surface area (Å²) < 4.78 is 28.2. The molecule has 0 bridgehead atoms. The number of sulfonamides is 1. The van der Waals surface area contributed by atoms with Crippen LogP contribution in [0.2, 0.25) is 0 Å². The summed E-state index contributed by atoms with van der Waals surface area (Å²) in [7, 11) is -3.79. The molecule has 0 amide bonds. The smallest absolute Gasteiger partial charge is 0.325 e. The number of carboxylic acid groups (broad SMARTS) is 1. The van der Waals surface area contributed by atoms with Crippen LogP contribution in [0.1, 0.15) is 17.1 Å². The fourth-order valence-electron chi connectivity index (χ4n) is 1.98. The maximum Gasteiger partial charge on any atom is 0.325 e. The molecule has 2 aromatic heterocycles. The van der Waals surface area contributed by atoms with Crippen LogP contribution in [0.4, 0.5) is 0 Å². The third kappa shape index (κ3) is 3.28. The lowest BCUT2D eigenvalue weighted by molar-refractivity contribution is -0.137. The Bertz CT molecular complexity index is 748. The van der Waals surface area contributed by atoms with E-state index in [-0.39, 0.29) is 29.4 Å². The first kappa shape index (κ1) is 15.2. The van der Waals surface area contributed by atoms with Gasteiger partial charge in [-0.15, -0.1) is 0 Å². The average Bonchev–Trinajstić information content (AvgIpc) is 2.96. The number of hydrogen-bond donors (Lipinski definition) is 3. The highest BCUT2D eigenvalue weighted by Crippen LogP contribution is 2.19. The standard InChI is InChI=1S/C11H15N5O4S/c1-7-11(8(2)16(15-7)5-10(17)18)21(19,20)14-4-9-3-12-6-13-9/h3,6,14H,4-5H2,1-2H3,(H,12,13)(H,17,18). The fourth-order valence-corrected chi connectivity index (χ4v) is 3.39. The first-order chi connectivity index (χ1) is 9.81. The van der Waals surface area contributed by atoms with E-state index in [2.05, 4.69) is 19.8 Å². The fraction of sp³-hybridized carbons (Fsp3) is 0.364. The van der Waals surface area contributed by atoms with Gasteiger partial charge in [0.2, 0.25) is 10.0 Å². The summed E-state index contributed by atoms with van der Waals surface area (Å²) >= 11 is 0. The minimum Gasteiger partial charge on any atom is -0.480 e. The van der Waals surface area contributed by atoms with Crippen molar-refractivity contribution in [2.45, 2.75) is 31.8 Å². The molecule has 114 valence electrons. The quantitative estimate of drug-likeness (QED) is 0.676. The Hall–Kier alpha value is -2.20. The van der Waals surface area contributed by atoms with Crippen LogP contribution < -0.4 is 4.72 Å². The van der Waals surface area contributed by atoms with Gasteiger partial charge in [0.25, 0.3) is 0 Å². The lowest BCUT2D eigenvalue weighted by atomic mass is 10.4. The lowest BCUT2D eigenvalue weighted by Crippen LogP contribution is -2.24. The molecule has 10 heteroatoms. The molecule has 0 radical (unpaired) electrons. The SMILES string of the molecule is Cc1nn(CC(=O)O)c(C)c1S(=O)(=O)NCc1cnc[nH]1. The predicted octanol–water partition coefficient (Wildman–Crippen LogP) is -0.214. The first-order valence-electron chi connectivity index (χ1n) is 6.04. The number of aliphatic carboxylic acids is 1. The molecule has 0 unspecified atom stereocenters. The Morgan fingerprint density at radius 2 is 2.19 bits per heavy atom. The zero-order chi connectivity index (χ0) is 15.6. The second kappa shape index (κ2) is 5.66. The number of aromatic amines is 1. The van der Waals surface area contributed by atoms with Crippen molar-refractivity contribution in [3.63, 3.8) is 0 Å². The molecule has 0 saturated heterocycles. The third-order valence-corrected chi connectivity index (χ3v) is 4.53. The minimum absolute atomic E-state index is 0.00302. The molecule has 0 saturated carbocycles. The molecule has 9 nitrogen and oxygen atoms in total. The maximum absolute atomic E-state index is 12.3. The topological polar surface area (TPSA) is 130 Å². The number of carboxylic acids is 1. The van der Waals surface area contributed by atoms with Crippen LogP contribution in [0.25, 0.3) is 0 Å². The molecule has 0 aliphatic carbocycles. The van der Waals surface area contributed by atoms with Gasteiger partial charge in [-0.05, 0) is 13.8 Å². The Kier molecular flexibility index (Phi) is 4.09. The highest BCUT2D eigenvalue weighted by molar-refractivity contribution is 7.89. The van der Waals surface area contributed by atoms with Gasteiger partial charge in [-0.25, -0.2) is 18.1 Å². The van der Waals surface area contributed by atoms with Crippen molar-refractivity contribution in [1.29, 1.82) is 0 Å². The van der Waals surface area contributed by atoms with Crippen LogP contribution in [0.15, 0.2) is 17.4 Å². The number of H-pyrrole nitrogens is 1. The van der Waals surface area contributed by atoms with E-state index in [0.29, 0.717) is 5.69 Å². The van der Waals surface area contributed by atoms with Gasteiger partial charge in [-0.3, -0.25) is 9.48 Å². The summed E-state index contributed by atoms with van der Waals surface area (Å²) in [6, 6.07) is 0. The minimum atomic E-state index is -3.79. The van der Waals surface area contributed by atoms with Gasteiger partial charge in [0.1, 0.15) is 11.4 Å². The molecule has 0 aliphatic heterocycles. The number of imidazole rings is 1.